The molecule has 0 atom stereocenters. The minimum atomic E-state index is -0.0798. The standard InChI is InChI=1S/C14H9N3O3S/c18-14-10-3-5-21-13(10)15-8-17(14)7-9-6-12(20-16-9)11-2-1-4-19-11/h1-6,8H,7H2. The summed E-state index contributed by atoms with van der Waals surface area (Å²) in [5.41, 5.74) is 0.559. The highest BCUT2D eigenvalue weighted by atomic mass is 32.1. The Morgan fingerprint density at radius 1 is 1.29 bits per heavy atom. The van der Waals surface area contributed by atoms with Gasteiger partial charge >= 0.3 is 0 Å². The third kappa shape index (κ3) is 2.07. The predicted molar refractivity (Wildman–Crippen MR) is 77.2 cm³/mol. The molecule has 0 saturated heterocycles. The molecule has 4 rings (SSSR count). The van der Waals surface area contributed by atoms with Crippen LogP contribution in [0.3, 0.4) is 0 Å². The van der Waals surface area contributed by atoms with Crippen LogP contribution in [0.25, 0.3) is 21.7 Å². The van der Waals surface area contributed by atoms with Gasteiger partial charge in [-0.25, -0.2) is 4.98 Å². The number of aromatic nitrogens is 3. The third-order valence-electron chi connectivity index (χ3n) is 3.11. The second kappa shape index (κ2) is 4.71. The van der Waals surface area contributed by atoms with Crippen molar-refractivity contribution in [2.45, 2.75) is 6.54 Å². The Morgan fingerprint density at radius 2 is 2.24 bits per heavy atom. The molecule has 0 N–H and O–H groups in total. The highest BCUT2D eigenvalue weighted by molar-refractivity contribution is 7.16. The van der Waals surface area contributed by atoms with Crippen LogP contribution in [0.4, 0.5) is 0 Å². The Kier molecular flexibility index (Phi) is 2.71. The van der Waals surface area contributed by atoms with Gasteiger partial charge in [-0.3, -0.25) is 9.36 Å². The first-order valence-corrected chi connectivity index (χ1v) is 7.11. The third-order valence-corrected chi connectivity index (χ3v) is 3.93. The van der Waals surface area contributed by atoms with Crippen molar-refractivity contribution in [1.82, 2.24) is 14.7 Å². The molecule has 4 aromatic heterocycles. The van der Waals surface area contributed by atoms with E-state index in [4.69, 9.17) is 8.94 Å². The van der Waals surface area contributed by atoms with E-state index in [9.17, 15) is 4.79 Å². The first-order chi connectivity index (χ1) is 10.3. The monoisotopic (exact) mass is 299 g/mol. The summed E-state index contributed by atoms with van der Waals surface area (Å²) >= 11 is 1.45. The molecule has 0 unspecified atom stereocenters. The normalized spacial score (nSPS) is 11.2. The molecule has 0 aromatic carbocycles. The van der Waals surface area contributed by atoms with E-state index in [-0.39, 0.29) is 5.56 Å². The lowest BCUT2D eigenvalue weighted by atomic mass is 10.3. The predicted octanol–water partition coefficient (Wildman–Crippen LogP) is 2.75. The summed E-state index contributed by atoms with van der Waals surface area (Å²) < 4.78 is 12.0. The Bertz CT molecular complexity index is 949. The summed E-state index contributed by atoms with van der Waals surface area (Å²) in [5, 5.41) is 6.43. The fourth-order valence-electron chi connectivity index (χ4n) is 2.10. The topological polar surface area (TPSA) is 74.1 Å². The van der Waals surface area contributed by atoms with Gasteiger partial charge in [-0.05, 0) is 23.6 Å². The lowest BCUT2D eigenvalue weighted by Gasteiger charge is -2.01. The van der Waals surface area contributed by atoms with Crippen LogP contribution < -0.4 is 5.56 Å². The second-order valence-corrected chi connectivity index (χ2v) is 5.37. The average molecular weight is 299 g/mol. The lowest BCUT2D eigenvalue weighted by Crippen LogP contribution is -2.20. The van der Waals surface area contributed by atoms with Crippen molar-refractivity contribution in [3.63, 3.8) is 0 Å². The van der Waals surface area contributed by atoms with Crippen molar-refractivity contribution in [3.8, 4) is 11.5 Å². The number of fused-ring (bicyclic) bond motifs is 1. The van der Waals surface area contributed by atoms with Crippen LogP contribution in [0.1, 0.15) is 5.69 Å². The Balaban J connectivity index is 1.68. The van der Waals surface area contributed by atoms with E-state index in [0.29, 0.717) is 29.1 Å². The first kappa shape index (κ1) is 12.1. The molecule has 21 heavy (non-hydrogen) atoms. The van der Waals surface area contributed by atoms with Crippen molar-refractivity contribution < 1.29 is 8.94 Å². The lowest BCUT2D eigenvalue weighted by molar-refractivity contribution is 0.408. The zero-order valence-corrected chi connectivity index (χ0v) is 11.5. The number of furan rings is 1. The van der Waals surface area contributed by atoms with E-state index >= 15 is 0 Å². The highest BCUT2D eigenvalue weighted by Gasteiger charge is 2.11. The van der Waals surface area contributed by atoms with Gasteiger partial charge in [-0.1, -0.05) is 5.16 Å². The molecule has 0 amide bonds. The van der Waals surface area contributed by atoms with Crippen molar-refractivity contribution in [2.75, 3.05) is 0 Å². The molecule has 0 aliphatic rings. The van der Waals surface area contributed by atoms with Gasteiger partial charge in [0.2, 0.25) is 5.76 Å². The van der Waals surface area contributed by atoms with Crippen molar-refractivity contribution in [2.24, 2.45) is 0 Å². The van der Waals surface area contributed by atoms with E-state index in [0.717, 1.165) is 4.83 Å². The molecular weight excluding hydrogens is 290 g/mol. The van der Waals surface area contributed by atoms with Crippen LogP contribution in [-0.4, -0.2) is 14.7 Å². The van der Waals surface area contributed by atoms with E-state index < -0.39 is 0 Å². The Morgan fingerprint density at radius 3 is 3.10 bits per heavy atom. The van der Waals surface area contributed by atoms with Gasteiger partial charge in [0.25, 0.3) is 5.56 Å². The van der Waals surface area contributed by atoms with E-state index in [1.165, 1.54) is 22.2 Å². The maximum atomic E-state index is 12.3. The largest absolute Gasteiger partial charge is 0.461 e. The van der Waals surface area contributed by atoms with Gasteiger partial charge in [0, 0.05) is 6.07 Å². The summed E-state index contributed by atoms with van der Waals surface area (Å²) in [6.45, 7) is 0.307. The fourth-order valence-corrected chi connectivity index (χ4v) is 2.83. The van der Waals surface area contributed by atoms with Crippen LogP contribution in [0.15, 0.2) is 56.0 Å². The highest BCUT2D eigenvalue weighted by Crippen LogP contribution is 2.21. The fraction of sp³-hybridized carbons (Fsp3) is 0.0714. The number of hydrogen-bond acceptors (Lipinski definition) is 6. The average Bonchev–Trinajstić information content (AvgIpc) is 3.21. The molecule has 0 spiro atoms. The Labute approximate surface area is 122 Å². The first-order valence-electron chi connectivity index (χ1n) is 6.23. The molecule has 0 fully saturated rings. The van der Waals surface area contributed by atoms with E-state index in [2.05, 4.69) is 10.1 Å². The molecule has 6 nitrogen and oxygen atoms in total. The van der Waals surface area contributed by atoms with Crippen LogP contribution in [0.5, 0.6) is 0 Å². The van der Waals surface area contributed by atoms with Crippen LogP contribution in [-0.2, 0) is 6.54 Å². The number of hydrogen-bond donors (Lipinski definition) is 0. The van der Waals surface area contributed by atoms with Gasteiger partial charge in [0.05, 0.1) is 24.5 Å². The van der Waals surface area contributed by atoms with Gasteiger partial charge in [0.15, 0.2) is 5.76 Å². The quantitative estimate of drug-likeness (QED) is 0.581. The second-order valence-electron chi connectivity index (χ2n) is 4.48. The minimum absolute atomic E-state index is 0.0798. The summed E-state index contributed by atoms with van der Waals surface area (Å²) in [7, 11) is 0. The van der Waals surface area contributed by atoms with Crippen LogP contribution >= 0.6 is 11.3 Å². The van der Waals surface area contributed by atoms with Crippen molar-refractivity contribution in [3.05, 3.63) is 58.3 Å². The number of thiophene rings is 1. The van der Waals surface area contributed by atoms with Gasteiger partial charge in [-0.15, -0.1) is 11.3 Å². The van der Waals surface area contributed by atoms with Crippen molar-refractivity contribution in [1.29, 1.82) is 0 Å². The molecule has 0 saturated carbocycles. The number of nitrogens with zero attached hydrogens (tertiary/aromatic N) is 3. The molecule has 7 heteroatoms. The minimum Gasteiger partial charge on any atom is -0.461 e. The van der Waals surface area contributed by atoms with Gasteiger partial charge in [0.1, 0.15) is 10.5 Å². The maximum absolute atomic E-state index is 12.3. The SMILES string of the molecule is O=c1c2ccsc2ncn1Cc1cc(-c2ccco2)on1. The van der Waals surface area contributed by atoms with Crippen LogP contribution in [0, 0.1) is 0 Å². The molecule has 4 heterocycles. The summed E-state index contributed by atoms with van der Waals surface area (Å²) in [6, 6.07) is 7.10. The molecule has 4 aromatic rings. The molecule has 0 aliphatic carbocycles. The molecule has 104 valence electrons. The summed E-state index contributed by atoms with van der Waals surface area (Å²) in [5.74, 6) is 1.14. The molecule has 0 radical (unpaired) electrons. The Hall–Kier alpha value is -2.67. The molecule has 0 bridgehead atoms. The molecule has 0 aliphatic heterocycles. The van der Waals surface area contributed by atoms with E-state index in [1.807, 2.05) is 5.38 Å². The van der Waals surface area contributed by atoms with Gasteiger partial charge < -0.3 is 8.94 Å². The maximum Gasteiger partial charge on any atom is 0.262 e. The zero-order valence-electron chi connectivity index (χ0n) is 10.7. The summed E-state index contributed by atoms with van der Waals surface area (Å²) in [4.78, 5) is 17.3. The van der Waals surface area contributed by atoms with E-state index in [1.54, 1.807) is 30.5 Å². The summed E-state index contributed by atoms with van der Waals surface area (Å²) in [6.07, 6.45) is 3.10. The smallest absolute Gasteiger partial charge is 0.262 e. The van der Waals surface area contributed by atoms with Crippen molar-refractivity contribution >= 4 is 21.6 Å². The van der Waals surface area contributed by atoms with Gasteiger partial charge in [-0.2, -0.15) is 0 Å². The zero-order chi connectivity index (χ0) is 14.2. The van der Waals surface area contributed by atoms with Crippen LogP contribution in [0.2, 0.25) is 0 Å². The molecular formula is C14H9N3O3S. The number of rotatable bonds is 3.